The number of rotatable bonds is 3. The molecular formula is C12H18N4O2. The molecule has 0 saturated carbocycles. The molecule has 1 unspecified atom stereocenters. The van der Waals surface area contributed by atoms with Gasteiger partial charge in [-0.3, -0.25) is 4.79 Å². The van der Waals surface area contributed by atoms with Gasteiger partial charge in [0.25, 0.3) is 5.91 Å². The summed E-state index contributed by atoms with van der Waals surface area (Å²) in [4.78, 5) is 17.8. The van der Waals surface area contributed by atoms with Gasteiger partial charge in [-0.1, -0.05) is 0 Å². The van der Waals surface area contributed by atoms with Crippen LogP contribution in [0.15, 0.2) is 12.3 Å². The number of nitrogens with two attached hydrogens (primary N) is 2. The highest BCUT2D eigenvalue weighted by Crippen LogP contribution is 2.22. The lowest BCUT2D eigenvalue weighted by atomic mass is 10.1. The summed E-state index contributed by atoms with van der Waals surface area (Å²) in [6.45, 7) is 4.20. The number of ether oxygens (including phenoxy) is 1. The Kier molecular flexibility index (Phi) is 3.78. The Morgan fingerprint density at radius 2 is 2.44 bits per heavy atom. The molecule has 4 N–H and O–H groups in total. The van der Waals surface area contributed by atoms with Crippen LogP contribution in [-0.4, -0.2) is 43.2 Å². The summed E-state index contributed by atoms with van der Waals surface area (Å²) in [7, 11) is 0. The number of nitrogens with zero attached hydrogens (tertiary/aromatic N) is 2. The number of hydrogen-bond acceptors (Lipinski definition) is 5. The highest BCUT2D eigenvalue weighted by Gasteiger charge is 2.24. The van der Waals surface area contributed by atoms with Crippen molar-refractivity contribution in [3.63, 3.8) is 0 Å². The second-order valence-corrected chi connectivity index (χ2v) is 4.37. The molecule has 2 heterocycles. The zero-order valence-corrected chi connectivity index (χ0v) is 10.4. The third kappa shape index (κ3) is 2.44. The number of morpholine rings is 1. The van der Waals surface area contributed by atoms with Crippen LogP contribution in [0.5, 0.6) is 0 Å². The summed E-state index contributed by atoms with van der Waals surface area (Å²) in [5, 5.41) is 0. The molecule has 1 amide bonds. The fourth-order valence-corrected chi connectivity index (χ4v) is 2.14. The minimum atomic E-state index is -0.452. The molecule has 1 aromatic rings. The molecule has 6 heteroatoms. The molecule has 1 atom stereocenters. The third-order valence-corrected chi connectivity index (χ3v) is 3.09. The first-order chi connectivity index (χ1) is 8.63. The predicted octanol–water partition coefficient (Wildman–Crippen LogP) is -0.347. The van der Waals surface area contributed by atoms with E-state index in [1.54, 1.807) is 12.3 Å². The van der Waals surface area contributed by atoms with Crippen LogP contribution in [0, 0.1) is 6.92 Å². The van der Waals surface area contributed by atoms with Crippen molar-refractivity contribution in [3.8, 4) is 0 Å². The second-order valence-electron chi connectivity index (χ2n) is 4.37. The quantitative estimate of drug-likeness (QED) is 0.765. The van der Waals surface area contributed by atoms with Crippen LogP contribution in [0.4, 0.5) is 5.82 Å². The van der Waals surface area contributed by atoms with Crippen LogP contribution >= 0.6 is 0 Å². The van der Waals surface area contributed by atoms with Crippen LogP contribution in [-0.2, 0) is 4.74 Å². The number of anilines is 1. The molecule has 0 aliphatic carbocycles. The van der Waals surface area contributed by atoms with Crippen molar-refractivity contribution >= 4 is 11.7 Å². The van der Waals surface area contributed by atoms with Crippen LogP contribution in [0.3, 0.4) is 0 Å². The number of pyridine rings is 1. The zero-order valence-electron chi connectivity index (χ0n) is 10.4. The largest absolute Gasteiger partial charge is 0.373 e. The van der Waals surface area contributed by atoms with E-state index >= 15 is 0 Å². The topological polar surface area (TPSA) is 94.5 Å². The maximum Gasteiger partial charge on any atom is 0.252 e. The first-order valence-electron chi connectivity index (χ1n) is 5.95. The van der Waals surface area contributed by atoms with Crippen molar-refractivity contribution < 1.29 is 9.53 Å². The summed E-state index contributed by atoms with van der Waals surface area (Å²) in [6, 6.07) is 1.78. The maximum atomic E-state index is 11.5. The van der Waals surface area contributed by atoms with Gasteiger partial charge >= 0.3 is 0 Å². The monoisotopic (exact) mass is 250 g/mol. The van der Waals surface area contributed by atoms with Crippen molar-refractivity contribution in [2.75, 3.05) is 31.1 Å². The van der Waals surface area contributed by atoms with Gasteiger partial charge in [0.05, 0.1) is 18.3 Å². The van der Waals surface area contributed by atoms with Gasteiger partial charge in [0.15, 0.2) is 0 Å². The minimum Gasteiger partial charge on any atom is -0.373 e. The summed E-state index contributed by atoms with van der Waals surface area (Å²) >= 11 is 0. The van der Waals surface area contributed by atoms with Crippen LogP contribution < -0.4 is 16.4 Å². The lowest BCUT2D eigenvalue weighted by Gasteiger charge is -2.34. The molecule has 1 fully saturated rings. The summed E-state index contributed by atoms with van der Waals surface area (Å²) in [6.07, 6.45) is 1.66. The van der Waals surface area contributed by atoms with Crippen LogP contribution in [0.25, 0.3) is 0 Å². The van der Waals surface area contributed by atoms with Crippen LogP contribution in [0.1, 0.15) is 15.9 Å². The Balaban J connectivity index is 2.32. The molecular weight excluding hydrogens is 232 g/mol. The summed E-state index contributed by atoms with van der Waals surface area (Å²) in [5.74, 6) is 0.177. The standard InChI is InChI=1S/C12H18N4O2/c1-8-2-3-15-12(10(8)11(14)17)16-4-5-18-9(6-13)7-16/h2-3,9H,4-7,13H2,1H3,(H2,14,17). The molecule has 98 valence electrons. The van der Waals surface area contributed by atoms with Crippen molar-refractivity contribution in [3.05, 3.63) is 23.4 Å². The van der Waals surface area contributed by atoms with E-state index in [0.717, 1.165) is 5.56 Å². The van der Waals surface area contributed by atoms with Gasteiger partial charge in [-0.25, -0.2) is 4.98 Å². The van der Waals surface area contributed by atoms with E-state index in [1.165, 1.54) is 0 Å². The molecule has 2 rings (SSSR count). The van der Waals surface area contributed by atoms with E-state index in [2.05, 4.69) is 4.98 Å². The van der Waals surface area contributed by atoms with Gasteiger partial charge in [-0.15, -0.1) is 0 Å². The Morgan fingerprint density at radius 3 is 3.11 bits per heavy atom. The molecule has 1 aromatic heterocycles. The number of amides is 1. The number of aromatic nitrogens is 1. The smallest absolute Gasteiger partial charge is 0.252 e. The Bertz CT molecular complexity index is 450. The molecule has 1 aliphatic rings. The number of carbonyl (C=O) groups is 1. The maximum absolute atomic E-state index is 11.5. The first-order valence-corrected chi connectivity index (χ1v) is 5.95. The molecule has 0 aromatic carbocycles. The second kappa shape index (κ2) is 5.32. The molecule has 1 saturated heterocycles. The van der Waals surface area contributed by atoms with E-state index in [-0.39, 0.29) is 6.10 Å². The zero-order chi connectivity index (χ0) is 13.1. The van der Waals surface area contributed by atoms with Gasteiger partial charge < -0.3 is 21.1 Å². The summed E-state index contributed by atoms with van der Waals surface area (Å²) in [5.41, 5.74) is 12.4. The van der Waals surface area contributed by atoms with E-state index < -0.39 is 5.91 Å². The van der Waals surface area contributed by atoms with E-state index in [0.29, 0.717) is 37.6 Å². The highest BCUT2D eigenvalue weighted by atomic mass is 16.5. The number of primary amides is 1. The van der Waals surface area contributed by atoms with Crippen molar-refractivity contribution in [1.29, 1.82) is 0 Å². The van der Waals surface area contributed by atoms with Crippen molar-refractivity contribution in [1.82, 2.24) is 4.98 Å². The van der Waals surface area contributed by atoms with Gasteiger partial charge in [0.2, 0.25) is 0 Å². The Morgan fingerprint density at radius 1 is 1.67 bits per heavy atom. The number of hydrogen-bond donors (Lipinski definition) is 2. The van der Waals surface area contributed by atoms with Crippen LogP contribution in [0.2, 0.25) is 0 Å². The fourth-order valence-electron chi connectivity index (χ4n) is 2.14. The average Bonchev–Trinajstić information content (AvgIpc) is 2.38. The normalized spacial score (nSPS) is 19.9. The Labute approximate surface area is 106 Å². The van der Waals surface area contributed by atoms with Gasteiger partial charge in [-0.05, 0) is 18.6 Å². The van der Waals surface area contributed by atoms with E-state index in [4.69, 9.17) is 16.2 Å². The van der Waals surface area contributed by atoms with Crippen molar-refractivity contribution in [2.45, 2.75) is 13.0 Å². The molecule has 18 heavy (non-hydrogen) atoms. The minimum absolute atomic E-state index is 0.0261. The Hall–Kier alpha value is -1.66. The van der Waals surface area contributed by atoms with Gasteiger partial charge in [0, 0.05) is 25.8 Å². The van der Waals surface area contributed by atoms with E-state index in [9.17, 15) is 4.79 Å². The molecule has 0 radical (unpaired) electrons. The fraction of sp³-hybridized carbons (Fsp3) is 0.500. The molecule has 6 nitrogen and oxygen atoms in total. The lowest BCUT2D eigenvalue weighted by Crippen LogP contribution is -2.46. The third-order valence-electron chi connectivity index (χ3n) is 3.09. The van der Waals surface area contributed by atoms with E-state index in [1.807, 2.05) is 11.8 Å². The highest BCUT2D eigenvalue weighted by molar-refractivity contribution is 5.99. The van der Waals surface area contributed by atoms with Gasteiger partial charge in [-0.2, -0.15) is 0 Å². The number of carbonyl (C=O) groups excluding carboxylic acids is 1. The number of aryl methyl sites for hydroxylation is 1. The predicted molar refractivity (Wildman–Crippen MR) is 68.5 cm³/mol. The SMILES string of the molecule is Cc1ccnc(N2CCOC(CN)C2)c1C(N)=O. The summed E-state index contributed by atoms with van der Waals surface area (Å²) < 4.78 is 5.50. The first kappa shape index (κ1) is 12.8. The molecule has 1 aliphatic heterocycles. The molecule has 0 bridgehead atoms. The lowest BCUT2D eigenvalue weighted by molar-refractivity contribution is 0.0462. The average molecular weight is 250 g/mol. The van der Waals surface area contributed by atoms with Gasteiger partial charge in [0.1, 0.15) is 5.82 Å². The molecule has 0 spiro atoms. The van der Waals surface area contributed by atoms with Crippen molar-refractivity contribution in [2.24, 2.45) is 11.5 Å².